The van der Waals surface area contributed by atoms with Gasteiger partial charge in [-0.2, -0.15) is 13.2 Å². The second-order valence-electron chi connectivity index (χ2n) is 7.19. The Bertz CT molecular complexity index is 716. The van der Waals surface area contributed by atoms with E-state index in [0.717, 1.165) is 42.6 Å². The number of hydrogen-bond acceptors (Lipinski definition) is 4. The number of anilines is 1. The van der Waals surface area contributed by atoms with E-state index < -0.39 is 18.0 Å². The van der Waals surface area contributed by atoms with E-state index in [9.17, 15) is 13.2 Å². The minimum Gasteiger partial charge on any atom is -0.346 e. The van der Waals surface area contributed by atoms with E-state index in [-0.39, 0.29) is 0 Å². The van der Waals surface area contributed by atoms with Gasteiger partial charge in [0, 0.05) is 37.1 Å². The molecule has 1 fully saturated rings. The van der Waals surface area contributed by atoms with Gasteiger partial charge in [-0.25, -0.2) is 4.98 Å². The summed E-state index contributed by atoms with van der Waals surface area (Å²) in [5.74, 6) is -1.93. The standard InChI is InChI=1S/C19H24F3N3S/c1-13(2)17(19(20,21)22)15-6-4-14(5-7-15)16-12-26-18(23-16)25-10-8-24(3)9-11-25/h4-7,12-13,17H,8-11H2,1-3H3. The lowest BCUT2D eigenvalue weighted by Crippen LogP contribution is -2.44. The molecule has 0 amide bonds. The highest BCUT2D eigenvalue weighted by Gasteiger charge is 2.42. The molecule has 0 aliphatic carbocycles. The summed E-state index contributed by atoms with van der Waals surface area (Å²) in [5.41, 5.74) is 1.99. The maximum atomic E-state index is 13.3. The van der Waals surface area contributed by atoms with Crippen LogP contribution in [0.1, 0.15) is 25.3 Å². The van der Waals surface area contributed by atoms with Crippen LogP contribution >= 0.6 is 11.3 Å². The van der Waals surface area contributed by atoms with Crippen LogP contribution in [0.2, 0.25) is 0 Å². The highest BCUT2D eigenvalue weighted by Crippen LogP contribution is 2.40. The largest absolute Gasteiger partial charge is 0.395 e. The summed E-state index contributed by atoms with van der Waals surface area (Å²) in [5, 5.41) is 2.96. The molecule has 0 saturated carbocycles. The van der Waals surface area contributed by atoms with Gasteiger partial charge in [0.25, 0.3) is 0 Å². The number of likely N-dealkylation sites (N-methyl/N-ethyl adjacent to an activating group) is 1. The number of piperazine rings is 1. The van der Waals surface area contributed by atoms with Crippen molar-refractivity contribution >= 4 is 16.5 Å². The Kier molecular flexibility index (Phi) is 5.58. The SMILES string of the molecule is CC(C)C(c1ccc(-c2csc(N3CCN(C)CC3)n2)cc1)C(F)(F)F. The monoisotopic (exact) mass is 383 g/mol. The van der Waals surface area contributed by atoms with Crippen LogP contribution in [0.15, 0.2) is 29.6 Å². The Morgan fingerprint density at radius 3 is 2.19 bits per heavy atom. The zero-order valence-electron chi connectivity index (χ0n) is 15.3. The Morgan fingerprint density at radius 1 is 1.04 bits per heavy atom. The number of alkyl halides is 3. The van der Waals surface area contributed by atoms with Gasteiger partial charge in [0.1, 0.15) is 0 Å². The lowest BCUT2D eigenvalue weighted by Gasteiger charge is -2.32. The van der Waals surface area contributed by atoms with Crippen LogP contribution in [0, 0.1) is 5.92 Å². The van der Waals surface area contributed by atoms with Gasteiger partial charge in [-0.1, -0.05) is 38.1 Å². The summed E-state index contributed by atoms with van der Waals surface area (Å²) >= 11 is 1.59. The first-order chi connectivity index (χ1) is 12.3. The number of nitrogens with zero attached hydrogens (tertiary/aromatic N) is 3. The van der Waals surface area contributed by atoms with Gasteiger partial charge in [0.15, 0.2) is 5.13 Å². The van der Waals surface area contributed by atoms with Gasteiger partial charge in [-0.15, -0.1) is 11.3 Å². The Morgan fingerprint density at radius 2 is 1.65 bits per heavy atom. The van der Waals surface area contributed by atoms with Crippen molar-refractivity contribution in [3.8, 4) is 11.3 Å². The quantitative estimate of drug-likeness (QED) is 0.751. The van der Waals surface area contributed by atoms with Gasteiger partial charge in [-0.05, 0) is 18.5 Å². The van der Waals surface area contributed by atoms with Crippen molar-refractivity contribution in [2.45, 2.75) is 25.9 Å². The van der Waals surface area contributed by atoms with E-state index in [1.54, 1.807) is 49.4 Å². The summed E-state index contributed by atoms with van der Waals surface area (Å²) in [6, 6.07) is 6.67. The molecule has 7 heteroatoms. The topological polar surface area (TPSA) is 19.4 Å². The van der Waals surface area contributed by atoms with E-state index in [1.807, 2.05) is 5.38 Å². The van der Waals surface area contributed by atoms with Crippen LogP contribution in [0.4, 0.5) is 18.3 Å². The number of hydrogen-bond donors (Lipinski definition) is 0. The second kappa shape index (κ2) is 7.56. The van der Waals surface area contributed by atoms with Crippen LogP contribution in [-0.4, -0.2) is 49.3 Å². The van der Waals surface area contributed by atoms with Gasteiger partial charge in [0.05, 0.1) is 11.6 Å². The fourth-order valence-corrected chi connectivity index (χ4v) is 4.24. The smallest absolute Gasteiger partial charge is 0.346 e. The maximum Gasteiger partial charge on any atom is 0.395 e. The molecule has 1 aromatic heterocycles. The highest BCUT2D eigenvalue weighted by atomic mass is 32.1. The molecule has 142 valence electrons. The zero-order valence-corrected chi connectivity index (χ0v) is 16.1. The van der Waals surface area contributed by atoms with E-state index in [1.165, 1.54) is 0 Å². The minimum atomic E-state index is -4.23. The first kappa shape index (κ1) is 19.2. The average Bonchev–Trinajstić information content (AvgIpc) is 3.04. The van der Waals surface area contributed by atoms with Gasteiger partial charge < -0.3 is 9.80 Å². The van der Waals surface area contributed by atoms with Crippen LogP contribution in [0.3, 0.4) is 0 Å². The molecule has 0 spiro atoms. The van der Waals surface area contributed by atoms with Crippen LogP contribution in [0.5, 0.6) is 0 Å². The molecule has 3 nitrogen and oxygen atoms in total. The molecule has 1 saturated heterocycles. The third kappa shape index (κ3) is 4.20. The molecule has 1 aliphatic heterocycles. The number of thiazole rings is 1. The third-order valence-corrected chi connectivity index (χ3v) is 5.75. The molecular formula is C19H24F3N3S. The molecule has 2 aromatic rings. The number of aromatic nitrogens is 1. The summed E-state index contributed by atoms with van der Waals surface area (Å²) < 4.78 is 39.9. The summed E-state index contributed by atoms with van der Waals surface area (Å²) in [6.07, 6.45) is -4.23. The van der Waals surface area contributed by atoms with Crippen molar-refractivity contribution in [1.82, 2.24) is 9.88 Å². The van der Waals surface area contributed by atoms with E-state index in [4.69, 9.17) is 4.98 Å². The molecule has 0 radical (unpaired) electrons. The van der Waals surface area contributed by atoms with Crippen molar-refractivity contribution in [1.29, 1.82) is 0 Å². The molecular weight excluding hydrogens is 359 g/mol. The summed E-state index contributed by atoms with van der Waals surface area (Å²) in [7, 11) is 2.11. The van der Waals surface area contributed by atoms with Crippen molar-refractivity contribution in [3.63, 3.8) is 0 Å². The first-order valence-electron chi connectivity index (χ1n) is 8.82. The van der Waals surface area contributed by atoms with Crippen molar-refractivity contribution in [2.75, 3.05) is 38.1 Å². The molecule has 1 unspecified atom stereocenters. The van der Waals surface area contributed by atoms with Gasteiger partial charge >= 0.3 is 6.18 Å². The fourth-order valence-electron chi connectivity index (χ4n) is 3.35. The first-order valence-corrected chi connectivity index (χ1v) is 9.69. The number of rotatable bonds is 4. The predicted molar refractivity (Wildman–Crippen MR) is 101 cm³/mol. The average molecular weight is 383 g/mol. The fraction of sp³-hybridized carbons (Fsp3) is 0.526. The molecule has 1 aromatic carbocycles. The van der Waals surface area contributed by atoms with E-state index >= 15 is 0 Å². The number of halogens is 3. The minimum absolute atomic E-state index is 0.311. The van der Waals surface area contributed by atoms with Gasteiger partial charge in [-0.3, -0.25) is 0 Å². The summed E-state index contributed by atoms with van der Waals surface area (Å²) in [6.45, 7) is 7.13. The molecule has 26 heavy (non-hydrogen) atoms. The second-order valence-corrected chi connectivity index (χ2v) is 8.03. The lowest BCUT2D eigenvalue weighted by molar-refractivity contribution is -0.159. The normalized spacial score (nSPS) is 17.7. The van der Waals surface area contributed by atoms with Crippen molar-refractivity contribution < 1.29 is 13.2 Å². The van der Waals surface area contributed by atoms with Crippen LogP contribution in [0.25, 0.3) is 11.3 Å². The highest BCUT2D eigenvalue weighted by molar-refractivity contribution is 7.14. The lowest BCUT2D eigenvalue weighted by atomic mass is 9.87. The Balaban J connectivity index is 1.77. The maximum absolute atomic E-state index is 13.3. The van der Waals surface area contributed by atoms with Crippen molar-refractivity contribution in [3.05, 3.63) is 35.2 Å². The molecule has 3 rings (SSSR count). The molecule has 0 bridgehead atoms. The molecule has 1 atom stereocenters. The molecule has 0 N–H and O–H groups in total. The summed E-state index contributed by atoms with van der Waals surface area (Å²) in [4.78, 5) is 9.24. The van der Waals surface area contributed by atoms with E-state index in [0.29, 0.717) is 5.56 Å². The predicted octanol–water partition coefficient (Wildman–Crippen LogP) is 4.86. The molecule has 2 heterocycles. The third-order valence-electron chi connectivity index (χ3n) is 4.85. The van der Waals surface area contributed by atoms with Crippen LogP contribution in [-0.2, 0) is 0 Å². The number of benzene rings is 1. The van der Waals surface area contributed by atoms with Crippen molar-refractivity contribution in [2.24, 2.45) is 5.92 Å². The Labute approximate surface area is 156 Å². The van der Waals surface area contributed by atoms with E-state index in [2.05, 4.69) is 16.8 Å². The van der Waals surface area contributed by atoms with Crippen LogP contribution < -0.4 is 4.90 Å². The molecule has 1 aliphatic rings. The Hall–Kier alpha value is -1.60. The zero-order chi connectivity index (χ0) is 18.9. The van der Waals surface area contributed by atoms with Gasteiger partial charge in [0.2, 0.25) is 0 Å².